The van der Waals surface area contributed by atoms with Crippen molar-refractivity contribution in [2.45, 2.75) is 13.5 Å². The van der Waals surface area contributed by atoms with E-state index in [0.29, 0.717) is 17.9 Å². The molecule has 0 saturated carbocycles. The summed E-state index contributed by atoms with van der Waals surface area (Å²) in [7, 11) is 0. The van der Waals surface area contributed by atoms with Crippen molar-refractivity contribution in [3.63, 3.8) is 0 Å². The Kier molecular flexibility index (Phi) is 3.04. The van der Waals surface area contributed by atoms with Gasteiger partial charge in [-0.25, -0.2) is 4.98 Å². The Bertz CT molecular complexity index is 523. The first-order valence-electron chi connectivity index (χ1n) is 5.03. The van der Waals surface area contributed by atoms with Crippen molar-refractivity contribution < 1.29 is 9.34 Å². The van der Waals surface area contributed by atoms with E-state index in [9.17, 15) is 10.1 Å². The molecule has 0 amide bonds. The Balaban J connectivity index is 2.07. The maximum absolute atomic E-state index is 10.6. The van der Waals surface area contributed by atoms with E-state index in [1.54, 1.807) is 25.5 Å². The second-order valence-electron chi connectivity index (χ2n) is 3.60. The monoisotopic (exact) mass is 233 g/mol. The average molecular weight is 233 g/mol. The Morgan fingerprint density at radius 3 is 3.00 bits per heavy atom. The number of aryl methyl sites for hydroxylation is 1. The summed E-state index contributed by atoms with van der Waals surface area (Å²) in [4.78, 5) is 14.1. The summed E-state index contributed by atoms with van der Waals surface area (Å²) in [6.07, 6.45) is 4.48. The lowest BCUT2D eigenvalue weighted by molar-refractivity contribution is -0.385. The van der Waals surface area contributed by atoms with Crippen LogP contribution in [-0.2, 0) is 6.54 Å². The zero-order valence-corrected chi connectivity index (χ0v) is 9.21. The van der Waals surface area contributed by atoms with Crippen LogP contribution in [0.2, 0.25) is 0 Å². The van der Waals surface area contributed by atoms with Gasteiger partial charge in [-0.05, 0) is 19.1 Å². The van der Waals surface area contributed by atoms with Crippen molar-refractivity contribution in [3.05, 3.63) is 52.1 Å². The van der Waals surface area contributed by atoms with Crippen LogP contribution in [0.4, 0.5) is 11.5 Å². The zero-order valence-electron chi connectivity index (χ0n) is 9.21. The highest BCUT2D eigenvalue weighted by atomic mass is 16.6. The molecule has 2 heterocycles. The van der Waals surface area contributed by atoms with E-state index in [4.69, 9.17) is 4.42 Å². The highest BCUT2D eigenvalue weighted by molar-refractivity contribution is 5.46. The van der Waals surface area contributed by atoms with Gasteiger partial charge in [0.25, 0.3) is 5.69 Å². The van der Waals surface area contributed by atoms with E-state index in [0.717, 1.165) is 5.56 Å². The molecular weight excluding hydrogens is 222 g/mol. The van der Waals surface area contributed by atoms with Crippen LogP contribution in [0.15, 0.2) is 35.3 Å². The maximum atomic E-state index is 10.6. The van der Waals surface area contributed by atoms with Crippen LogP contribution in [0.5, 0.6) is 0 Å². The number of furan rings is 1. The molecule has 0 atom stereocenters. The molecule has 0 bridgehead atoms. The highest BCUT2D eigenvalue weighted by Gasteiger charge is 2.11. The molecule has 17 heavy (non-hydrogen) atoms. The zero-order chi connectivity index (χ0) is 12.3. The minimum absolute atomic E-state index is 0.0267. The number of nitro groups is 1. The topological polar surface area (TPSA) is 81.2 Å². The van der Waals surface area contributed by atoms with Gasteiger partial charge in [-0.3, -0.25) is 10.1 Å². The van der Waals surface area contributed by atoms with E-state index < -0.39 is 4.92 Å². The van der Waals surface area contributed by atoms with E-state index in [2.05, 4.69) is 10.3 Å². The third-order valence-corrected chi connectivity index (χ3v) is 2.33. The third-order valence-electron chi connectivity index (χ3n) is 2.33. The smallest absolute Gasteiger partial charge is 0.290 e. The highest BCUT2D eigenvalue weighted by Crippen LogP contribution is 2.19. The first-order valence-corrected chi connectivity index (χ1v) is 5.03. The van der Waals surface area contributed by atoms with Crippen LogP contribution in [0.3, 0.4) is 0 Å². The molecule has 0 spiro atoms. The molecule has 0 saturated heterocycles. The minimum Gasteiger partial charge on any atom is -0.472 e. The van der Waals surface area contributed by atoms with Crippen molar-refractivity contribution >= 4 is 11.5 Å². The van der Waals surface area contributed by atoms with Crippen LogP contribution >= 0.6 is 0 Å². The quantitative estimate of drug-likeness (QED) is 0.648. The van der Waals surface area contributed by atoms with Gasteiger partial charge in [-0.1, -0.05) is 0 Å². The molecule has 1 N–H and O–H groups in total. The largest absolute Gasteiger partial charge is 0.472 e. The van der Waals surface area contributed by atoms with Crippen LogP contribution in [0.1, 0.15) is 11.1 Å². The fourth-order valence-electron chi connectivity index (χ4n) is 1.42. The average Bonchev–Trinajstić information content (AvgIpc) is 2.78. The van der Waals surface area contributed by atoms with Gasteiger partial charge in [0.15, 0.2) is 0 Å². The number of nitrogens with one attached hydrogen (secondary N) is 1. The molecule has 0 aliphatic rings. The molecule has 0 aliphatic heterocycles. The van der Waals surface area contributed by atoms with Crippen LogP contribution in [-0.4, -0.2) is 9.91 Å². The Morgan fingerprint density at radius 2 is 2.41 bits per heavy atom. The summed E-state index contributed by atoms with van der Waals surface area (Å²) in [5.41, 5.74) is 1.60. The second-order valence-corrected chi connectivity index (χ2v) is 3.60. The normalized spacial score (nSPS) is 10.2. The van der Waals surface area contributed by atoms with Gasteiger partial charge in [0.1, 0.15) is 12.0 Å². The summed E-state index contributed by atoms with van der Waals surface area (Å²) in [5.74, 6) is 0.606. The van der Waals surface area contributed by atoms with Crippen molar-refractivity contribution in [2.75, 3.05) is 5.32 Å². The van der Waals surface area contributed by atoms with E-state index in [1.165, 1.54) is 6.20 Å². The molecule has 0 aromatic carbocycles. The van der Waals surface area contributed by atoms with Gasteiger partial charge < -0.3 is 9.73 Å². The maximum Gasteiger partial charge on any atom is 0.290 e. The van der Waals surface area contributed by atoms with Gasteiger partial charge >= 0.3 is 0 Å². The van der Waals surface area contributed by atoms with Crippen molar-refractivity contribution in [1.82, 2.24) is 4.98 Å². The molecule has 6 heteroatoms. The second kappa shape index (κ2) is 4.65. The molecule has 0 unspecified atom stereocenters. The number of hydrogen-bond donors (Lipinski definition) is 1. The van der Waals surface area contributed by atoms with E-state index in [-0.39, 0.29) is 5.69 Å². The van der Waals surface area contributed by atoms with Gasteiger partial charge in [-0.2, -0.15) is 0 Å². The minimum atomic E-state index is -0.442. The lowest BCUT2D eigenvalue weighted by atomic mass is 10.2. The molecule has 2 aromatic rings. The number of pyridine rings is 1. The summed E-state index contributed by atoms with van der Waals surface area (Å²) in [6, 6.07) is 3.49. The number of rotatable bonds is 4. The Hall–Kier alpha value is -2.37. The Labute approximate surface area is 97.4 Å². The van der Waals surface area contributed by atoms with Crippen LogP contribution in [0.25, 0.3) is 0 Å². The molecule has 88 valence electrons. The van der Waals surface area contributed by atoms with Crippen LogP contribution in [0, 0.1) is 17.0 Å². The lowest BCUT2D eigenvalue weighted by Gasteiger charge is -2.04. The molecule has 0 fully saturated rings. The SMILES string of the molecule is Cc1cc(NCc2ccoc2)ncc1[N+](=O)[O-]. The van der Waals surface area contributed by atoms with Crippen molar-refractivity contribution in [1.29, 1.82) is 0 Å². The first-order chi connectivity index (χ1) is 8.16. The van der Waals surface area contributed by atoms with Crippen molar-refractivity contribution in [3.8, 4) is 0 Å². The van der Waals surface area contributed by atoms with E-state index in [1.807, 2.05) is 6.07 Å². The summed E-state index contributed by atoms with van der Waals surface area (Å²) >= 11 is 0. The van der Waals surface area contributed by atoms with Gasteiger partial charge in [0, 0.05) is 17.7 Å². The fraction of sp³-hybridized carbons (Fsp3) is 0.182. The van der Waals surface area contributed by atoms with Gasteiger partial charge in [0.2, 0.25) is 0 Å². The summed E-state index contributed by atoms with van der Waals surface area (Å²) < 4.78 is 4.93. The first kappa shape index (κ1) is 11.1. The number of anilines is 1. The van der Waals surface area contributed by atoms with E-state index >= 15 is 0 Å². The van der Waals surface area contributed by atoms with Gasteiger partial charge in [-0.15, -0.1) is 0 Å². The lowest BCUT2D eigenvalue weighted by Crippen LogP contribution is -2.02. The molecule has 2 aromatic heterocycles. The molecular formula is C11H11N3O3. The summed E-state index contributed by atoms with van der Waals surface area (Å²) in [5, 5.41) is 13.7. The fourth-order valence-corrected chi connectivity index (χ4v) is 1.42. The predicted octanol–water partition coefficient (Wildman–Crippen LogP) is 2.50. The predicted molar refractivity (Wildman–Crippen MR) is 61.7 cm³/mol. The van der Waals surface area contributed by atoms with Crippen molar-refractivity contribution in [2.24, 2.45) is 0 Å². The number of hydrogen-bond acceptors (Lipinski definition) is 5. The standard InChI is InChI=1S/C11H11N3O3/c1-8-4-11(13-6-10(8)14(15)16)12-5-9-2-3-17-7-9/h2-4,6-7H,5H2,1H3,(H,12,13). The molecule has 6 nitrogen and oxygen atoms in total. The molecule has 0 aliphatic carbocycles. The molecule has 2 rings (SSSR count). The number of aromatic nitrogens is 1. The third kappa shape index (κ3) is 2.60. The van der Waals surface area contributed by atoms with Gasteiger partial charge in [0.05, 0.1) is 17.4 Å². The summed E-state index contributed by atoms with van der Waals surface area (Å²) in [6.45, 7) is 2.25. The number of nitrogens with zero attached hydrogens (tertiary/aromatic N) is 2. The Morgan fingerprint density at radius 1 is 1.59 bits per heavy atom. The van der Waals surface area contributed by atoms with Crippen LogP contribution < -0.4 is 5.32 Å². The molecule has 0 radical (unpaired) electrons.